The summed E-state index contributed by atoms with van der Waals surface area (Å²) in [5.41, 5.74) is 2.42. The van der Waals surface area contributed by atoms with Gasteiger partial charge in [0.1, 0.15) is 0 Å². The Hall–Kier alpha value is -1.27. The molecule has 4 N–H and O–H groups in total. The molecule has 1 aromatic heterocycles. The van der Waals surface area contributed by atoms with Gasteiger partial charge in [-0.2, -0.15) is 0 Å². The number of nitrogens with two attached hydrogens (primary N) is 1. The Morgan fingerprint density at radius 2 is 2.50 bits per heavy atom. The molecule has 1 aromatic rings. The van der Waals surface area contributed by atoms with E-state index in [2.05, 4.69) is 26.2 Å². The SMILES string of the molecule is NNCNc1ccnnn1. The van der Waals surface area contributed by atoms with E-state index in [9.17, 15) is 0 Å². The standard InChI is InChI=1S/C4H8N6/c5-7-3-6-4-1-2-8-10-9-4/h1-2,7H,3,5H2,(H,6,8,9). The zero-order valence-corrected chi connectivity index (χ0v) is 5.28. The second kappa shape index (κ2) is 3.70. The van der Waals surface area contributed by atoms with Gasteiger partial charge in [-0.05, 0) is 5.21 Å². The minimum absolute atomic E-state index is 0.457. The summed E-state index contributed by atoms with van der Waals surface area (Å²) in [7, 11) is 0. The van der Waals surface area contributed by atoms with Crippen LogP contribution in [0.2, 0.25) is 0 Å². The van der Waals surface area contributed by atoms with E-state index >= 15 is 0 Å². The molecule has 1 heterocycles. The van der Waals surface area contributed by atoms with E-state index in [0.29, 0.717) is 12.5 Å². The maximum atomic E-state index is 5.00. The first-order chi connectivity index (χ1) is 4.93. The number of hydrogen-bond donors (Lipinski definition) is 3. The highest BCUT2D eigenvalue weighted by Crippen LogP contribution is 1.92. The third-order valence-electron chi connectivity index (χ3n) is 0.875. The number of aromatic nitrogens is 3. The highest BCUT2D eigenvalue weighted by molar-refractivity contribution is 5.29. The molecule has 0 bridgehead atoms. The molecule has 0 amide bonds. The van der Waals surface area contributed by atoms with E-state index in [1.807, 2.05) is 0 Å². The van der Waals surface area contributed by atoms with Crippen molar-refractivity contribution >= 4 is 5.82 Å². The molecule has 0 saturated carbocycles. The number of anilines is 1. The summed E-state index contributed by atoms with van der Waals surface area (Å²) in [6.45, 7) is 0.457. The molecule has 0 radical (unpaired) electrons. The van der Waals surface area contributed by atoms with Crippen LogP contribution in [0.25, 0.3) is 0 Å². The van der Waals surface area contributed by atoms with Gasteiger partial charge in [-0.3, -0.25) is 5.84 Å². The smallest absolute Gasteiger partial charge is 0.153 e. The molecule has 0 atom stereocenters. The average Bonchev–Trinajstić information content (AvgIpc) is 2.03. The maximum absolute atomic E-state index is 5.00. The van der Waals surface area contributed by atoms with Crippen molar-refractivity contribution < 1.29 is 0 Å². The quantitative estimate of drug-likeness (QED) is 0.275. The van der Waals surface area contributed by atoms with Crippen molar-refractivity contribution in [3.8, 4) is 0 Å². The summed E-state index contributed by atoms with van der Waals surface area (Å²) >= 11 is 0. The van der Waals surface area contributed by atoms with Crippen LogP contribution >= 0.6 is 0 Å². The van der Waals surface area contributed by atoms with Crippen LogP contribution in [0, 0.1) is 0 Å². The Kier molecular flexibility index (Phi) is 2.53. The van der Waals surface area contributed by atoms with Crippen molar-refractivity contribution in [1.29, 1.82) is 0 Å². The van der Waals surface area contributed by atoms with Crippen molar-refractivity contribution in [1.82, 2.24) is 20.8 Å². The van der Waals surface area contributed by atoms with Crippen LogP contribution in [0.5, 0.6) is 0 Å². The van der Waals surface area contributed by atoms with Gasteiger partial charge in [0, 0.05) is 6.07 Å². The van der Waals surface area contributed by atoms with E-state index in [1.54, 1.807) is 12.3 Å². The molecule has 1 rings (SSSR count). The molecule has 0 unspecified atom stereocenters. The molecule has 0 aliphatic heterocycles. The molecule has 0 aliphatic carbocycles. The average molecular weight is 140 g/mol. The number of nitrogens with zero attached hydrogens (tertiary/aromatic N) is 3. The lowest BCUT2D eigenvalue weighted by molar-refractivity contribution is 0.775. The first kappa shape index (κ1) is 6.84. The monoisotopic (exact) mass is 140 g/mol. The number of hydrogen-bond acceptors (Lipinski definition) is 6. The predicted octanol–water partition coefficient (Wildman–Crippen LogP) is -1.30. The summed E-state index contributed by atoms with van der Waals surface area (Å²) in [5.74, 6) is 5.65. The van der Waals surface area contributed by atoms with Crippen LogP contribution in [-0.4, -0.2) is 22.1 Å². The van der Waals surface area contributed by atoms with Gasteiger partial charge in [-0.25, -0.2) is 5.43 Å². The van der Waals surface area contributed by atoms with Crippen molar-refractivity contribution in [3.05, 3.63) is 12.3 Å². The van der Waals surface area contributed by atoms with E-state index in [1.165, 1.54) is 0 Å². The van der Waals surface area contributed by atoms with Crippen molar-refractivity contribution in [2.45, 2.75) is 0 Å². The summed E-state index contributed by atoms with van der Waals surface area (Å²) in [6, 6.07) is 1.70. The predicted molar refractivity (Wildman–Crippen MR) is 35.6 cm³/mol. The Bertz CT molecular complexity index is 174. The van der Waals surface area contributed by atoms with Crippen LogP contribution in [0.15, 0.2) is 12.3 Å². The van der Waals surface area contributed by atoms with Gasteiger partial charge >= 0.3 is 0 Å². The van der Waals surface area contributed by atoms with Gasteiger partial charge in [0.15, 0.2) is 5.82 Å². The molecule has 6 nitrogen and oxygen atoms in total. The fourth-order valence-electron chi connectivity index (χ4n) is 0.477. The first-order valence-corrected chi connectivity index (χ1v) is 2.75. The third kappa shape index (κ3) is 1.92. The molecule has 0 aliphatic rings. The number of hydrazine groups is 1. The minimum atomic E-state index is 0.457. The van der Waals surface area contributed by atoms with Gasteiger partial charge in [0.2, 0.25) is 0 Å². The van der Waals surface area contributed by atoms with Crippen LogP contribution in [0.4, 0.5) is 5.82 Å². The topological polar surface area (TPSA) is 88.8 Å². The van der Waals surface area contributed by atoms with Gasteiger partial charge < -0.3 is 5.32 Å². The Labute approximate surface area is 57.8 Å². The highest BCUT2D eigenvalue weighted by atomic mass is 15.3. The normalized spacial score (nSPS) is 9.30. The molecule has 54 valence electrons. The summed E-state index contributed by atoms with van der Waals surface area (Å²) in [4.78, 5) is 0. The lowest BCUT2D eigenvalue weighted by Crippen LogP contribution is -2.28. The lowest BCUT2D eigenvalue weighted by atomic mass is 10.6. The van der Waals surface area contributed by atoms with Crippen LogP contribution < -0.4 is 16.6 Å². The lowest BCUT2D eigenvalue weighted by Gasteiger charge is -2.00. The van der Waals surface area contributed by atoms with Gasteiger partial charge in [-0.1, -0.05) is 0 Å². The largest absolute Gasteiger partial charge is 0.355 e. The molecule has 10 heavy (non-hydrogen) atoms. The second-order valence-electron chi connectivity index (χ2n) is 1.56. The van der Waals surface area contributed by atoms with E-state index in [-0.39, 0.29) is 0 Å². The third-order valence-corrected chi connectivity index (χ3v) is 0.875. The molecule has 0 fully saturated rings. The van der Waals surface area contributed by atoms with Crippen molar-refractivity contribution in [2.75, 3.05) is 12.0 Å². The minimum Gasteiger partial charge on any atom is -0.355 e. The van der Waals surface area contributed by atoms with Crippen molar-refractivity contribution in [2.24, 2.45) is 5.84 Å². The van der Waals surface area contributed by atoms with Crippen LogP contribution in [0.1, 0.15) is 0 Å². The zero-order chi connectivity index (χ0) is 7.23. The second-order valence-corrected chi connectivity index (χ2v) is 1.56. The van der Waals surface area contributed by atoms with E-state index in [0.717, 1.165) is 0 Å². The molecule has 0 saturated heterocycles. The van der Waals surface area contributed by atoms with Gasteiger partial charge in [-0.15, -0.1) is 10.2 Å². The molecule has 6 heteroatoms. The zero-order valence-electron chi connectivity index (χ0n) is 5.28. The van der Waals surface area contributed by atoms with E-state index in [4.69, 9.17) is 5.84 Å². The summed E-state index contributed by atoms with van der Waals surface area (Å²) in [6.07, 6.45) is 1.55. The molecule has 0 spiro atoms. The van der Waals surface area contributed by atoms with Gasteiger partial charge in [0.25, 0.3) is 0 Å². The Balaban J connectivity index is 2.43. The summed E-state index contributed by atoms with van der Waals surface area (Å²) in [5, 5.41) is 13.4. The molecular weight excluding hydrogens is 132 g/mol. The van der Waals surface area contributed by atoms with Crippen molar-refractivity contribution in [3.63, 3.8) is 0 Å². The first-order valence-electron chi connectivity index (χ1n) is 2.75. The molecular formula is C4H8N6. The van der Waals surface area contributed by atoms with Crippen LogP contribution in [-0.2, 0) is 0 Å². The fraction of sp³-hybridized carbons (Fsp3) is 0.250. The van der Waals surface area contributed by atoms with Gasteiger partial charge in [0.05, 0.1) is 12.9 Å². The maximum Gasteiger partial charge on any atom is 0.153 e. The van der Waals surface area contributed by atoms with E-state index < -0.39 is 0 Å². The fourth-order valence-corrected chi connectivity index (χ4v) is 0.477. The number of nitrogens with one attached hydrogen (secondary N) is 2. The highest BCUT2D eigenvalue weighted by Gasteiger charge is 1.87. The Morgan fingerprint density at radius 3 is 3.10 bits per heavy atom. The summed E-state index contributed by atoms with van der Waals surface area (Å²) < 4.78 is 0. The number of rotatable bonds is 3. The Morgan fingerprint density at radius 1 is 1.60 bits per heavy atom. The van der Waals surface area contributed by atoms with Crippen LogP contribution in [0.3, 0.4) is 0 Å². The molecule has 0 aromatic carbocycles.